The van der Waals surface area contributed by atoms with Crippen LogP contribution in [0.2, 0.25) is 4.34 Å². The normalized spacial score (nSPS) is 10.7. The molecule has 0 saturated carbocycles. The lowest BCUT2D eigenvalue weighted by molar-refractivity contribution is -0.115. The largest absolute Gasteiger partial charge is 0.369 e. The highest BCUT2D eigenvalue weighted by molar-refractivity contribution is 7.16. The van der Waals surface area contributed by atoms with Gasteiger partial charge in [0, 0.05) is 28.2 Å². The molecule has 0 aliphatic carbocycles. The molecule has 0 unspecified atom stereocenters. The molecule has 0 radical (unpaired) electrons. The van der Waals surface area contributed by atoms with E-state index in [9.17, 15) is 4.79 Å². The molecule has 3 rings (SSSR count). The highest BCUT2D eigenvalue weighted by Gasteiger charge is 2.10. The fraction of sp³-hybridized carbons (Fsp3) is 0.211. The molecule has 1 aromatic carbocycles. The molecule has 0 atom stereocenters. The van der Waals surface area contributed by atoms with Crippen molar-refractivity contribution < 1.29 is 4.79 Å². The summed E-state index contributed by atoms with van der Waals surface area (Å²) >= 11 is 9.19. The third-order valence-corrected chi connectivity index (χ3v) is 5.95. The van der Waals surface area contributed by atoms with Gasteiger partial charge in [0.25, 0.3) is 0 Å². The molecule has 130 valence electrons. The minimum atomic E-state index is 0.0138. The molecule has 3 nitrogen and oxygen atoms in total. The van der Waals surface area contributed by atoms with E-state index in [1.54, 1.807) is 22.7 Å². The van der Waals surface area contributed by atoms with Crippen LogP contribution in [0, 0.1) is 6.92 Å². The number of carbonyl (C=O) groups is 1. The molecular formula is C19H19ClN2OS2. The predicted molar refractivity (Wildman–Crippen MR) is 109 cm³/mol. The SMILES string of the molecule is Cc1cc(N(C)Cc2ccc(Cl)s2)ccc1NC(=O)Cc1cccs1. The van der Waals surface area contributed by atoms with Gasteiger partial charge < -0.3 is 10.2 Å². The Labute approximate surface area is 160 Å². The van der Waals surface area contributed by atoms with Gasteiger partial charge in [0.2, 0.25) is 5.91 Å². The maximum absolute atomic E-state index is 12.2. The van der Waals surface area contributed by atoms with Crippen LogP contribution < -0.4 is 10.2 Å². The summed E-state index contributed by atoms with van der Waals surface area (Å²) < 4.78 is 0.809. The topological polar surface area (TPSA) is 32.3 Å². The number of carbonyl (C=O) groups excluding carboxylic acids is 1. The number of aryl methyl sites for hydroxylation is 1. The van der Waals surface area contributed by atoms with Crippen LogP contribution in [-0.2, 0) is 17.8 Å². The molecule has 25 heavy (non-hydrogen) atoms. The zero-order chi connectivity index (χ0) is 17.8. The molecule has 2 aromatic heterocycles. The van der Waals surface area contributed by atoms with Crippen molar-refractivity contribution in [2.75, 3.05) is 17.3 Å². The summed E-state index contributed by atoms with van der Waals surface area (Å²) in [5.74, 6) is 0.0138. The Bertz CT molecular complexity index is 858. The monoisotopic (exact) mass is 390 g/mol. The van der Waals surface area contributed by atoms with E-state index >= 15 is 0 Å². The molecule has 6 heteroatoms. The van der Waals surface area contributed by atoms with Crippen LogP contribution in [0.25, 0.3) is 0 Å². The summed E-state index contributed by atoms with van der Waals surface area (Å²) in [6.07, 6.45) is 0.415. The number of rotatable bonds is 6. The average molecular weight is 391 g/mol. The van der Waals surface area contributed by atoms with Crippen molar-refractivity contribution in [3.05, 3.63) is 67.5 Å². The Morgan fingerprint density at radius 1 is 1.20 bits per heavy atom. The van der Waals surface area contributed by atoms with E-state index in [1.165, 1.54) is 4.88 Å². The van der Waals surface area contributed by atoms with E-state index in [1.807, 2.05) is 42.6 Å². The average Bonchev–Trinajstić information content (AvgIpc) is 3.21. The first kappa shape index (κ1) is 18.0. The molecule has 2 heterocycles. The first-order valence-electron chi connectivity index (χ1n) is 7.89. The smallest absolute Gasteiger partial charge is 0.229 e. The molecule has 1 N–H and O–H groups in total. The van der Waals surface area contributed by atoms with Crippen LogP contribution in [0.15, 0.2) is 47.8 Å². The minimum Gasteiger partial charge on any atom is -0.369 e. The zero-order valence-electron chi connectivity index (χ0n) is 14.1. The standard InChI is InChI=1S/C19H19ClN2OS2/c1-13-10-14(22(2)12-16-6-8-18(20)25-16)5-7-17(13)21-19(23)11-15-4-3-9-24-15/h3-10H,11-12H2,1-2H3,(H,21,23). The highest BCUT2D eigenvalue weighted by atomic mass is 35.5. The molecular weight excluding hydrogens is 372 g/mol. The number of nitrogens with one attached hydrogen (secondary N) is 1. The Hall–Kier alpha value is -1.82. The van der Waals surface area contributed by atoms with E-state index in [4.69, 9.17) is 11.6 Å². The summed E-state index contributed by atoms with van der Waals surface area (Å²) in [6.45, 7) is 2.82. The number of benzene rings is 1. The van der Waals surface area contributed by atoms with Crippen molar-refractivity contribution in [2.24, 2.45) is 0 Å². The van der Waals surface area contributed by atoms with Gasteiger partial charge in [-0.15, -0.1) is 22.7 Å². The molecule has 0 bridgehead atoms. The van der Waals surface area contributed by atoms with Gasteiger partial charge in [-0.1, -0.05) is 17.7 Å². The van der Waals surface area contributed by atoms with Gasteiger partial charge in [-0.05, 0) is 54.3 Å². The van der Waals surface area contributed by atoms with E-state index in [0.717, 1.165) is 32.7 Å². The van der Waals surface area contributed by atoms with Crippen LogP contribution in [0.4, 0.5) is 11.4 Å². The Kier molecular flexibility index (Phi) is 5.78. The van der Waals surface area contributed by atoms with Crippen molar-refractivity contribution in [1.82, 2.24) is 0 Å². The van der Waals surface area contributed by atoms with E-state index in [-0.39, 0.29) is 5.91 Å². The van der Waals surface area contributed by atoms with Crippen LogP contribution in [-0.4, -0.2) is 13.0 Å². The van der Waals surface area contributed by atoms with Gasteiger partial charge in [0.15, 0.2) is 0 Å². The van der Waals surface area contributed by atoms with E-state index in [2.05, 4.69) is 29.4 Å². The second-order valence-electron chi connectivity index (χ2n) is 5.87. The van der Waals surface area contributed by atoms with Gasteiger partial charge in [0.05, 0.1) is 17.3 Å². The molecule has 3 aromatic rings. The quantitative estimate of drug-likeness (QED) is 0.595. The lowest BCUT2D eigenvalue weighted by Crippen LogP contribution is -2.17. The van der Waals surface area contributed by atoms with E-state index < -0.39 is 0 Å². The van der Waals surface area contributed by atoms with Crippen LogP contribution in [0.1, 0.15) is 15.3 Å². The number of anilines is 2. The first-order chi connectivity index (χ1) is 12.0. The highest BCUT2D eigenvalue weighted by Crippen LogP contribution is 2.27. The zero-order valence-corrected chi connectivity index (χ0v) is 16.5. The summed E-state index contributed by atoms with van der Waals surface area (Å²) in [7, 11) is 2.05. The molecule has 0 aliphatic heterocycles. The molecule has 1 amide bonds. The molecule has 0 fully saturated rings. The van der Waals surface area contributed by atoms with Crippen molar-refractivity contribution >= 4 is 51.6 Å². The van der Waals surface area contributed by atoms with Gasteiger partial charge >= 0.3 is 0 Å². The number of hydrogen-bond donors (Lipinski definition) is 1. The van der Waals surface area contributed by atoms with Gasteiger partial charge in [0.1, 0.15) is 0 Å². The third kappa shape index (κ3) is 4.84. The maximum atomic E-state index is 12.2. The molecule has 0 aliphatic rings. The predicted octanol–water partition coefficient (Wildman–Crippen LogP) is 5.59. The van der Waals surface area contributed by atoms with Crippen molar-refractivity contribution in [3.63, 3.8) is 0 Å². The Morgan fingerprint density at radius 2 is 2.04 bits per heavy atom. The maximum Gasteiger partial charge on any atom is 0.229 e. The summed E-state index contributed by atoms with van der Waals surface area (Å²) in [5, 5.41) is 4.99. The number of nitrogens with zero attached hydrogens (tertiary/aromatic N) is 1. The van der Waals surface area contributed by atoms with Crippen molar-refractivity contribution in [2.45, 2.75) is 19.9 Å². The van der Waals surface area contributed by atoms with Gasteiger partial charge in [-0.25, -0.2) is 0 Å². The summed E-state index contributed by atoms with van der Waals surface area (Å²) in [4.78, 5) is 16.6. The second-order valence-corrected chi connectivity index (χ2v) is 8.70. The number of amides is 1. The summed E-state index contributed by atoms with van der Waals surface area (Å²) in [6, 6.07) is 14.0. The lowest BCUT2D eigenvalue weighted by atomic mass is 10.1. The van der Waals surface area contributed by atoms with Crippen molar-refractivity contribution in [3.8, 4) is 0 Å². The van der Waals surface area contributed by atoms with Gasteiger partial charge in [-0.3, -0.25) is 4.79 Å². The number of thiophene rings is 2. The Balaban J connectivity index is 1.64. The fourth-order valence-corrected chi connectivity index (χ4v) is 4.40. The van der Waals surface area contributed by atoms with E-state index in [0.29, 0.717) is 6.42 Å². The lowest BCUT2D eigenvalue weighted by Gasteiger charge is -2.20. The minimum absolute atomic E-state index is 0.0138. The first-order valence-corrected chi connectivity index (χ1v) is 9.97. The molecule has 0 spiro atoms. The van der Waals surface area contributed by atoms with Crippen LogP contribution in [0.5, 0.6) is 0 Å². The van der Waals surface area contributed by atoms with Crippen molar-refractivity contribution in [1.29, 1.82) is 0 Å². The fourth-order valence-electron chi connectivity index (χ4n) is 2.55. The van der Waals surface area contributed by atoms with Crippen LogP contribution in [0.3, 0.4) is 0 Å². The molecule has 0 saturated heterocycles. The summed E-state index contributed by atoms with van der Waals surface area (Å²) in [5.41, 5.74) is 3.02. The number of hydrogen-bond acceptors (Lipinski definition) is 4. The number of halogens is 1. The third-order valence-electron chi connectivity index (χ3n) is 3.86. The second kappa shape index (κ2) is 8.04. The van der Waals surface area contributed by atoms with Crippen LogP contribution >= 0.6 is 34.3 Å². The Morgan fingerprint density at radius 3 is 2.68 bits per heavy atom. The van der Waals surface area contributed by atoms with Gasteiger partial charge in [-0.2, -0.15) is 0 Å².